The fourth-order valence-corrected chi connectivity index (χ4v) is 5.49. The Balaban J connectivity index is 1.56. The van der Waals surface area contributed by atoms with Gasteiger partial charge >= 0.3 is 0 Å². The molecule has 5 rings (SSSR count). The van der Waals surface area contributed by atoms with Crippen molar-refractivity contribution >= 4 is 28.8 Å². The van der Waals surface area contributed by atoms with E-state index in [1.807, 2.05) is 49.4 Å². The molecule has 0 bridgehead atoms. The summed E-state index contributed by atoms with van der Waals surface area (Å²) >= 11 is 1.69. The topological polar surface area (TPSA) is 71.1 Å². The first-order chi connectivity index (χ1) is 15.6. The molecule has 1 aliphatic carbocycles. The summed E-state index contributed by atoms with van der Waals surface area (Å²) in [5, 5.41) is 8.37. The number of anilines is 1. The second-order valence-electron chi connectivity index (χ2n) is 8.11. The number of ketones is 1. The van der Waals surface area contributed by atoms with Crippen LogP contribution in [0.3, 0.4) is 0 Å². The highest BCUT2D eigenvalue weighted by atomic mass is 32.1. The molecule has 0 spiro atoms. The first-order valence-corrected chi connectivity index (χ1v) is 11.5. The number of nitrogens with zero attached hydrogens (tertiary/aromatic N) is 1. The normalized spacial score (nSPS) is 20.6. The van der Waals surface area contributed by atoms with Gasteiger partial charge in [0.2, 0.25) is 0 Å². The Morgan fingerprint density at radius 1 is 1.06 bits per heavy atom. The highest BCUT2D eigenvalue weighted by Crippen LogP contribution is 2.46. The van der Waals surface area contributed by atoms with Crippen LogP contribution in [0, 0.1) is 0 Å². The fraction of sp³-hybridized carbons (Fsp3) is 0.192. The molecule has 2 aliphatic rings. The Bertz CT molecular complexity index is 1210. The van der Waals surface area contributed by atoms with Gasteiger partial charge in [-0.3, -0.25) is 9.59 Å². The quantitative estimate of drug-likeness (QED) is 0.588. The van der Waals surface area contributed by atoms with E-state index in [-0.39, 0.29) is 17.6 Å². The maximum atomic E-state index is 13.5. The number of hydrogen-bond donors (Lipinski definition) is 2. The van der Waals surface area contributed by atoms with E-state index in [1.54, 1.807) is 29.7 Å². The van der Waals surface area contributed by atoms with Gasteiger partial charge in [-0.25, -0.2) is 4.98 Å². The van der Waals surface area contributed by atoms with Gasteiger partial charge in [0.25, 0.3) is 5.91 Å². The summed E-state index contributed by atoms with van der Waals surface area (Å²) in [7, 11) is 0. The number of thiophene rings is 1. The molecule has 32 heavy (non-hydrogen) atoms. The van der Waals surface area contributed by atoms with E-state index in [2.05, 4.69) is 27.1 Å². The van der Waals surface area contributed by atoms with Gasteiger partial charge in [-0.1, -0.05) is 42.5 Å². The van der Waals surface area contributed by atoms with Gasteiger partial charge < -0.3 is 10.6 Å². The van der Waals surface area contributed by atoms with Crippen molar-refractivity contribution in [1.29, 1.82) is 0 Å². The Hall–Kier alpha value is -3.51. The van der Waals surface area contributed by atoms with Gasteiger partial charge in [0.1, 0.15) is 5.82 Å². The van der Waals surface area contributed by atoms with Crippen molar-refractivity contribution in [3.8, 4) is 0 Å². The summed E-state index contributed by atoms with van der Waals surface area (Å²) < 4.78 is 0. The number of aromatic nitrogens is 1. The average molecular weight is 442 g/mol. The lowest BCUT2D eigenvalue weighted by atomic mass is 9.72. The van der Waals surface area contributed by atoms with Crippen LogP contribution in [0.1, 0.15) is 42.0 Å². The van der Waals surface area contributed by atoms with E-state index < -0.39 is 5.92 Å². The average Bonchev–Trinajstić information content (AvgIpc) is 3.34. The summed E-state index contributed by atoms with van der Waals surface area (Å²) in [5.74, 6) is 0.0934. The van der Waals surface area contributed by atoms with Gasteiger partial charge in [-0.2, -0.15) is 0 Å². The maximum Gasteiger partial charge on any atom is 0.255 e. The molecule has 2 aromatic heterocycles. The molecule has 5 nitrogen and oxygen atoms in total. The molecular formula is C26H23N3O2S. The molecule has 3 aromatic rings. The second kappa shape index (κ2) is 8.55. The van der Waals surface area contributed by atoms with E-state index in [9.17, 15) is 9.59 Å². The van der Waals surface area contributed by atoms with Gasteiger partial charge in [0, 0.05) is 51.9 Å². The van der Waals surface area contributed by atoms with E-state index in [0.29, 0.717) is 23.4 Å². The Labute approximate surface area is 190 Å². The number of nitrogens with one attached hydrogen (secondary N) is 2. The zero-order valence-corrected chi connectivity index (χ0v) is 18.5. The van der Waals surface area contributed by atoms with Crippen LogP contribution in [-0.4, -0.2) is 16.7 Å². The highest BCUT2D eigenvalue weighted by Gasteiger charge is 2.41. The first-order valence-electron chi connectivity index (χ1n) is 10.7. The fourth-order valence-electron chi connectivity index (χ4n) is 4.66. The highest BCUT2D eigenvalue weighted by molar-refractivity contribution is 7.10. The lowest BCUT2D eigenvalue weighted by Gasteiger charge is -2.36. The van der Waals surface area contributed by atoms with Gasteiger partial charge in [0.15, 0.2) is 5.78 Å². The third kappa shape index (κ3) is 3.78. The SMILES string of the molecule is CC1=C(C(=O)Nc2ccccn2)[C@@H](c2ccccc2)C2=C(C[C@H](c3cccs3)CC2=O)N1. The largest absolute Gasteiger partial charge is 0.362 e. The zero-order valence-electron chi connectivity index (χ0n) is 17.7. The molecule has 0 radical (unpaired) electrons. The van der Waals surface area contributed by atoms with Crippen LogP contribution in [-0.2, 0) is 9.59 Å². The molecular weight excluding hydrogens is 418 g/mol. The number of amides is 1. The molecule has 0 unspecified atom stereocenters. The third-order valence-electron chi connectivity index (χ3n) is 6.06. The molecule has 1 aliphatic heterocycles. The van der Waals surface area contributed by atoms with Crippen molar-refractivity contribution in [2.24, 2.45) is 0 Å². The predicted molar refractivity (Wildman–Crippen MR) is 126 cm³/mol. The number of hydrogen-bond acceptors (Lipinski definition) is 5. The van der Waals surface area contributed by atoms with Gasteiger partial charge in [-0.15, -0.1) is 11.3 Å². The van der Waals surface area contributed by atoms with Crippen molar-refractivity contribution in [2.75, 3.05) is 5.32 Å². The summed E-state index contributed by atoms with van der Waals surface area (Å²) in [6.07, 6.45) is 2.86. The van der Waals surface area contributed by atoms with Gasteiger partial charge in [0.05, 0.1) is 0 Å². The van der Waals surface area contributed by atoms with Crippen LogP contribution < -0.4 is 10.6 Å². The number of carbonyl (C=O) groups is 2. The molecule has 0 saturated carbocycles. The van der Waals surface area contributed by atoms with Crippen molar-refractivity contribution < 1.29 is 9.59 Å². The molecule has 6 heteroatoms. The number of pyridine rings is 1. The standard InChI is InChI=1S/C26H23N3O2S/c1-16-23(26(31)29-22-11-5-6-12-27-22)24(17-8-3-2-4-9-17)25-19(28-16)14-18(15-20(25)30)21-10-7-13-32-21/h2-13,18,24,28H,14-15H2,1H3,(H,27,29,31)/t18-,24+/m0/s1. The van der Waals surface area contributed by atoms with Crippen molar-refractivity contribution in [3.63, 3.8) is 0 Å². The Kier molecular flexibility index (Phi) is 5.45. The summed E-state index contributed by atoms with van der Waals surface area (Å²) in [5.41, 5.74) is 3.91. The number of dihydropyridines is 1. The number of rotatable bonds is 4. The van der Waals surface area contributed by atoms with Crippen molar-refractivity contribution in [3.05, 3.63) is 105 Å². The van der Waals surface area contributed by atoms with Gasteiger partial charge in [-0.05, 0) is 42.5 Å². The zero-order chi connectivity index (χ0) is 22.1. The maximum absolute atomic E-state index is 13.5. The predicted octanol–water partition coefficient (Wildman–Crippen LogP) is 5.14. The molecule has 2 N–H and O–H groups in total. The molecule has 3 heterocycles. The van der Waals surface area contributed by atoms with Crippen LogP contribution >= 0.6 is 11.3 Å². The van der Waals surface area contributed by atoms with E-state index in [1.165, 1.54) is 4.88 Å². The van der Waals surface area contributed by atoms with Crippen LogP contribution in [0.5, 0.6) is 0 Å². The summed E-state index contributed by atoms with van der Waals surface area (Å²) in [6.45, 7) is 1.91. The first kappa shape index (κ1) is 20.4. The number of Topliss-reactive ketones (excluding diaryl/α,β-unsaturated/α-hetero) is 1. The lowest BCUT2D eigenvalue weighted by Crippen LogP contribution is -2.37. The second-order valence-corrected chi connectivity index (χ2v) is 9.09. The smallest absolute Gasteiger partial charge is 0.255 e. The molecule has 160 valence electrons. The molecule has 2 atom stereocenters. The van der Waals surface area contributed by atoms with Crippen LogP contribution in [0.2, 0.25) is 0 Å². The van der Waals surface area contributed by atoms with E-state index in [4.69, 9.17) is 0 Å². The number of benzene rings is 1. The number of allylic oxidation sites excluding steroid dienone is 3. The molecule has 1 aromatic carbocycles. The minimum atomic E-state index is -0.409. The van der Waals surface area contributed by atoms with Crippen molar-refractivity contribution in [2.45, 2.75) is 31.6 Å². The summed E-state index contributed by atoms with van der Waals surface area (Å²) in [6, 6.07) is 19.3. The minimum absolute atomic E-state index is 0.0987. The lowest BCUT2D eigenvalue weighted by molar-refractivity contribution is -0.116. The van der Waals surface area contributed by atoms with Crippen molar-refractivity contribution in [1.82, 2.24) is 10.3 Å². The summed E-state index contributed by atoms with van der Waals surface area (Å²) in [4.78, 5) is 32.3. The van der Waals surface area contributed by atoms with Crippen LogP contribution in [0.25, 0.3) is 0 Å². The number of carbonyl (C=O) groups excluding carboxylic acids is 2. The van der Waals surface area contributed by atoms with Crippen LogP contribution in [0.15, 0.2) is 94.8 Å². The minimum Gasteiger partial charge on any atom is -0.362 e. The Morgan fingerprint density at radius 3 is 2.59 bits per heavy atom. The van der Waals surface area contributed by atoms with E-state index in [0.717, 1.165) is 23.4 Å². The van der Waals surface area contributed by atoms with E-state index >= 15 is 0 Å². The molecule has 0 fully saturated rings. The van der Waals surface area contributed by atoms with Crippen LogP contribution in [0.4, 0.5) is 5.82 Å². The molecule has 1 amide bonds. The monoisotopic (exact) mass is 441 g/mol. The third-order valence-corrected chi connectivity index (χ3v) is 7.09. The Morgan fingerprint density at radius 2 is 1.88 bits per heavy atom. The molecule has 0 saturated heterocycles.